The number of amides is 6. The van der Waals surface area contributed by atoms with Gasteiger partial charge >= 0.3 is 5.97 Å². The van der Waals surface area contributed by atoms with E-state index in [0.29, 0.717) is 115 Å². The molecule has 0 saturated carbocycles. The van der Waals surface area contributed by atoms with Gasteiger partial charge in [-0.25, -0.2) is 4.79 Å². The second-order valence-electron chi connectivity index (χ2n) is 22.0. The number of hydrogen-bond acceptors (Lipinski definition) is 19. The summed E-state index contributed by atoms with van der Waals surface area (Å²) in [5.74, 6) is -2.37. The summed E-state index contributed by atoms with van der Waals surface area (Å²) in [7, 11) is 4.60. The Balaban J connectivity index is 0.936. The van der Waals surface area contributed by atoms with Crippen molar-refractivity contribution in [3.63, 3.8) is 0 Å². The highest BCUT2D eigenvalue weighted by Crippen LogP contribution is 2.43. The SMILES string of the molecule is C#CNc1cc(OCc2cc(COc3cc4c(cc3OC)C(=O)N3c5ccccc5C[C@H]3C=N4)cc(N(CCOCCOCCOC)CC(C)(C)SC3CC(=O)N(CCC(=O)ON4C(=O)CCC4=O)C3=O)c2)c(OC)cc1C(=O)N1CCc2ccccc21. The van der Waals surface area contributed by atoms with Gasteiger partial charge in [0.05, 0.1) is 87.5 Å². The van der Waals surface area contributed by atoms with Gasteiger partial charge in [0.2, 0.25) is 11.8 Å². The number of anilines is 4. The molecule has 2 fully saturated rings. The zero-order valence-electron chi connectivity index (χ0n) is 49.7. The Hall–Kier alpha value is -8.95. The summed E-state index contributed by atoms with van der Waals surface area (Å²) in [4.78, 5) is 109. The highest BCUT2D eigenvalue weighted by atomic mass is 32.2. The van der Waals surface area contributed by atoms with Crippen molar-refractivity contribution < 1.29 is 71.6 Å². The molecule has 2 atom stereocenters. The number of carbonyl (C=O) groups excluding carboxylic acids is 7. The summed E-state index contributed by atoms with van der Waals surface area (Å²) in [5.41, 5.74) is 7.32. The number of likely N-dealkylation sites (tertiary alicyclic amines) is 1. The minimum atomic E-state index is -0.925. The zero-order valence-corrected chi connectivity index (χ0v) is 50.5. The molecular formula is C65H69N7O15S. The van der Waals surface area contributed by atoms with E-state index in [1.54, 1.807) is 47.4 Å². The van der Waals surface area contributed by atoms with E-state index in [2.05, 4.69) is 16.3 Å². The summed E-state index contributed by atoms with van der Waals surface area (Å²) in [5, 5.41) is 2.53. The van der Waals surface area contributed by atoms with E-state index in [1.165, 1.54) is 26.0 Å². The highest BCUT2D eigenvalue weighted by molar-refractivity contribution is 8.02. The molecule has 1 unspecified atom stereocenters. The number of imide groups is 2. The van der Waals surface area contributed by atoms with Gasteiger partial charge in [-0.3, -0.25) is 43.6 Å². The number of methoxy groups -OCH3 is 3. The number of para-hydroxylation sites is 2. The van der Waals surface area contributed by atoms with E-state index in [9.17, 15) is 33.6 Å². The van der Waals surface area contributed by atoms with E-state index in [4.69, 9.17) is 49.4 Å². The van der Waals surface area contributed by atoms with Crippen molar-refractivity contribution in [3.05, 3.63) is 124 Å². The Kier molecular flexibility index (Phi) is 19.6. The first-order chi connectivity index (χ1) is 42.6. The summed E-state index contributed by atoms with van der Waals surface area (Å²) in [6.07, 6.45) is 8.27. The van der Waals surface area contributed by atoms with Crippen LogP contribution >= 0.6 is 11.8 Å². The van der Waals surface area contributed by atoms with Crippen LogP contribution in [0.25, 0.3) is 0 Å². The lowest BCUT2D eigenvalue weighted by atomic mass is 10.1. The number of benzene rings is 5. The maximum Gasteiger partial charge on any atom is 0.335 e. The number of carbonyl (C=O) groups is 7. The molecule has 6 amide bonds. The summed E-state index contributed by atoms with van der Waals surface area (Å²) >= 11 is 1.32. The lowest BCUT2D eigenvalue weighted by molar-refractivity contribution is -0.197. The number of nitrogens with one attached hydrogen (secondary N) is 1. The topological polar surface area (TPSA) is 234 Å². The van der Waals surface area contributed by atoms with Gasteiger partial charge in [-0.15, -0.1) is 16.8 Å². The van der Waals surface area contributed by atoms with Crippen molar-refractivity contribution in [2.75, 3.05) is 101 Å². The summed E-state index contributed by atoms with van der Waals surface area (Å²) in [6, 6.07) is 30.3. The van der Waals surface area contributed by atoms with Crippen LogP contribution in [0.4, 0.5) is 28.4 Å². The number of thioether (sulfide) groups is 1. The summed E-state index contributed by atoms with van der Waals surface area (Å²) in [6.45, 7) is 6.52. The number of hydrogen-bond donors (Lipinski definition) is 1. The molecule has 22 nitrogen and oxygen atoms in total. The molecule has 0 bridgehead atoms. The third kappa shape index (κ3) is 14.1. The summed E-state index contributed by atoms with van der Waals surface area (Å²) < 4.78 is 41.2. The monoisotopic (exact) mass is 1220 g/mol. The number of terminal acetylenes is 1. The van der Waals surface area contributed by atoms with Gasteiger partial charge in [0, 0.05) is 105 Å². The maximum absolute atomic E-state index is 14.3. The predicted molar refractivity (Wildman–Crippen MR) is 329 cm³/mol. The quantitative estimate of drug-likeness (QED) is 0.0221. The van der Waals surface area contributed by atoms with Crippen molar-refractivity contribution in [1.82, 2.24) is 9.96 Å². The van der Waals surface area contributed by atoms with Gasteiger partial charge in [-0.05, 0) is 85.0 Å². The molecule has 5 aromatic rings. The molecule has 1 N–H and O–H groups in total. The van der Waals surface area contributed by atoms with Gasteiger partial charge in [0.15, 0.2) is 23.0 Å². The molecule has 460 valence electrons. The number of aliphatic imine (C=N–C) groups is 1. The van der Waals surface area contributed by atoms with Gasteiger partial charge in [-0.1, -0.05) is 42.8 Å². The Morgan fingerprint density at radius 1 is 0.750 bits per heavy atom. The van der Waals surface area contributed by atoms with Crippen LogP contribution in [0.1, 0.15) is 82.5 Å². The average Bonchev–Trinajstić information content (AvgIpc) is 3.66. The second kappa shape index (κ2) is 27.8. The molecule has 5 heterocycles. The number of nitrogens with zero attached hydrogens (tertiary/aromatic N) is 6. The smallest absolute Gasteiger partial charge is 0.335 e. The number of rotatable bonds is 28. The molecule has 5 aromatic carbocycles. The van der Waals surface area contributed by atoms with Gasteiger partial charge in [-0.2, -0.15) is 0 Å². The first-order valence-corrected chi connectivity index (χ1v) is 29.8. The first kappa shape index (κ1) is 62.1. The number of hydroxylamine groups is 2. The Labute approximate surface area is 514 Å². The van der Waals surface area contributed by atoms with Crippen LogP contribution in [0.15, 0.2) is 96.0 Å². The second-order valence-corrected chi connectivity index (χ2v) is 23.9. The van der Waals surface area contributed by atoms with Gasteiger partial charge in [0.1, 0.15) is 13.2 Å². The predicted octanol–water partition coefficient (Wildman–Crippen LogP) is 7.48. The molecular weight excluding hydrogens is 1150 g/mol. The molecule has 0 aliphatic carbocycles. The van der Waals surface area contributed by atoms with Crippen molar-refractivity contribution >= 4 is 87.8 Å². The normalized spacial score (nSPS) is 16.7. The minimum absolute atomic E-state index is 0.000222. The Morgan fingerprint density at radius 2 is 1.41 bits per heavy atom. The van der Waals surface area contributed by atoms with Crippen LogP contribution < -0.4 is 39.0 Å². The highest BCUT2D eigenvalue weighted by Gasteiger charge is 2.43. The molecule has 0 spiro atoms. The molecule has 5 aliphatic heterocycles. The van der Waals surface area contributed by atoms with Crippen LogP contribution in [0.5, 0.6) is 23.0 Å². The van der Waals surface area contributed by atoms with Gasteiger partial charge < -0.3 is 53.1 Å². The lowest BCUT2D eigenvalue weighted by Gasteiger charge is -2.35. The average molecular weight is 1220 g/mol. The van der Waals surface area contributed by atoms with E-state index in [-0.39, 0.29) is 69.2 Å². The fraction of sp³-hybridized carbons (Fsp3) is 0.385. The number of ether oxygens (including phenoxy) is 7. The van der Waals surface area contributed by atoms with Crippen LogP contribution in [-0.4, -0.2) is 154 Å². The largest absolute Gasteiger partial charge is 0.493 e. The minimum Gasteiger partial charge on any atom is -0.493 e. The third-order valence-corrected chi connectivity index (χ3v) is 16.9. The van der Waals surface area contributed by atoms with Crippen molar-refractivity contribution in [3.8, 4) is 35.5 Å². The fourth-order valence-corrected chi connectivity index (χ4v) is 12.8. The number of fused-ring (bicyclic) bond motifs is 5. The molecule has 5 aliphatic rings. The van der Waals surface area contributed by atoms with Crippen molar-refractivity contribution in [2.24, 2.45) is 4.99 Å². The van der Waals surface area contributed by atoms with E-state index in [0.717, 1.165) is 33.1 Å². The molecule has 2 saturated heterocycles. The van der Waals surface area contributed by atoms with Gasteiger partial charge in [0.25, 0.3) is 23.6 Å². The van der Waals surface area contributed by atoms with E-state index >= 15 is 0 Å². The van der Waals surface area contributed by atoms with Crippen LogP contribution in [-0.2, 0) is 69.1 Å². The Morgan fingerprint density at radius 3 is 2.11 bits per heavy atom. The fourth-order valence-electron chi connectivity index (χ4n) is 11.3. The van der Waals surface area contributed by atoms with Crippen LogP contribution in [0, 0.1) is 12.5 Å². The van der Waals surface area contributed by atoms with E-state index < -0.39 is 46.0 Å². The molecule has 0 radical (unpaired) electrons. The molecule has 88 heavy (non-hydrogen) atoms. The first-order valence-electron chi connectivity index (χ1n) is 28.9. The molecule has 10 rings (SSSR count). The van der Waals surface area contributed by atoms with Crippen molar-refractivity contribution in [1.29, 1.82) is 0 Å². The standard InChI is InChI=1S/C65H69N7O15S/c1-7-66-49-34-55(53(81-5)32-47(49)62(77)69-20-18-43-12-8-10-14-51(43)69)85-38-41-28-42(39-86-56-35-50-48(33-54(56)82-6)63(78)71-46(37-67-50)31-44-13-9-11-15-52(44)71)30-45(29-41)68(22-23-83-26-27-84-25-24-80-4)40-65(2,3)88-57-36-60(75)70(64(57)79)21-19-61(76)87-72-58(73)16-17-59(72)74/h1,8-15,28-30,32-35,37,46,57,66H,16-27,31,36,38-40H2,2-6H3/t46-,57?/m0/s1. The van der Waals surface area contributed by atoms with Crippen molar-refractivity contribution in [2.45, 2.75) is 81.6 Å². The van der Waals surface area contributed by atoms with E-state index in [1.807, 2.05) is 80.6 Å². The van der Waals surface area contributed by atoms with Crippen LogP contribution in [0.2, 0.25) is 0 Å². The lowest BCUT2D eigenvalue weighted by Crippen LogP contribution is -2.41. The zero-order chi connectivity index (χ0) is 62.1. The maximum atomic E-state index is 14.3. The van der Waals surface area contributed by atoms with Crippen LogP contribution in [0.3, 0.4) is 0 Å². The Bertz CT molecular complexity index is 3570. The molecule has 0 aromatic heterocycles. The molecule has 23 heteroatoms. The third-order valence-electron chi connectivity index (χ3n) is 15.5.